The second-order valence-electron chi connectivity index (χ2n) is 3.30. The van der Waals surface area contributed by atoms with Gasteiger partial charge in [0.2, 0.25) is 5.91 Å². The van der Waals surface area contributed by atoms with Crippen LogP contribution in [-0.4, -0.2) is 30.9 Å². The van der Waals surface area contributed by atoms with Crippen molar-refractivity contribution in [2.24, 2.45) is 0 Å². The maximum atomic E-state index is 11.3. The monoisotopic (exact) mass is 185 g/mol. The van der Waals surface area contributed by atoms with Crippen molar-refractivity contribution in [2.75, 3.05) is 7.11 Å². The lowest BCUT2D eigenvalue weighted by Gasteiger charge is -2.14. The first-order valence-corrected chi connectivity index (χ1v) is 4.51. The van der Waals surface area contributed by atoms with E-state index >= 15 is 0 Å². The molecule has 4 heteroatoms. The number of Topliss-reactive ketones (excluding diaryl/α,β-unsaturated/α-hetero) is 1. The van der Waals surface area contributed by atoms with E-state index in [9.17, 15) is 9.59 Å². The Morgan fingerprint density at radius 1 is 1.69 bits per heavy atom. The molecular formula is C9H15NO3. The molecule has 1 aliphatic rings. The Hall–Kier alpha value is -0.900. The van der Waals surface area contributed by atoms with E-state index in [-0.39, 0.29) is 17.7 Å². The van der Waals surface area contributed by atoms with Gasteiger partial charge in [0.25, 0.3) is 0 Å². The normalized spacial score (nSPS) is 24.5. The number of carbonyl (C=O) groups is 2. The highest BCUT2D eigenvalue weighted by molar-refractivity contribution is 5.91. The van der Waals surface area contributed by atoms with Crippen LogP contribution in [0.5, 0.6) is 0 Å². The molecule has 1 rings (SSSR count). The van der Waals surface area contributed by atoms with Crippen LogP contribution in [0.2, 0.25) is 0 Å². The number of hydrogen-bond donors (Lipinski definition) is 1. The fourth-order valence-corrected chi connectivity index (χ4v) is 1.36. The maximum Gasteiger partial charge on any atom is 0.249 e. The summed E-state index contributed by atoms with van der Waals surface area (Å²) in [5, 5.41) is 2.67. The largest absolute Gasteiger partial charge is 0.372 e. The summed E-state index contributed by atoms with van der Waals surface area (Å²) in [6.45, 7) is 1.66. The number of ether oxygens (including phenoxy) is 1. The minimum absolute atomic E-state index is 0.136. The molecule has 2 atom stereocenters. The third-order valence-electron chi connectivity index (χ3n) is 2.34. The molecule has 0 aromatic carbocycles. The lowest BCUT2D eigenvalue weighted by atomic mass is 10.2. The van der Waals surface area contributed by atoms with Gasteiger partial charge in [-0.1, -0.05) is 0 Å². The van der Waals surface area contributed by atoms with Gasteiger partial charge in [0.15, 0.2) is 5.78 Å². The molecule has 1 fully saturated rings. The number of nitrogens with one attached hydrogen (secondary N) is 1. The standard InChI is InChI=1S/C9H15NO3/c1-6(13-2)9(12)10-7-4-3-5-8(7)11/h6-7H,3-5H2,1-2H3,(H,10,12). The molecule has 1 N–H and O–H groups in total. The lowest BCUT2D eigenvalue weighted by molar-refractivity contribution is -0.133. The minimum atomic E-state index is -0.478. The molecule has 0 bridgehead atoms. The van der Waals surface area contributed by atoms with Gasteiger partial charge in [-0.25, -0.2) is 0 Å². The van der Waals surface area contributed by atoms with Gasteiger partial charge < -0.3 is 10.1 Å². The first kappa shape index (κ1) is 10.2. The molecule has 0 aromatic heterocycles. The van der Waals surface area contributed by atoms with Crippen LogP contribution < -0.4 is 5.32 Å². The van der Waals surface area contributed by atoms with Gasteiger partial charge in [-0.15, -0.1) is 0 Å². The summed E-state index contributed by atoms with van der Waals surface area (Å²) in [6.07, 6.45) is 1.76. The molecule has 1 saturated carbocycles. The van der Waals surface area contributed by atoms with E-state index in [1.165, 1.54) is 7.11 Å². The average molecular weight is 185 g/mol. The van der Waals surface area contributed by atoms with Crippen molar-refractivity contribution in [3.8, 4) is 0 Å². The zero-order chi connectivity index (χ0) is 9.84. The van der Waals surface area contributed by atoms with Crippen molar-refractivity contribution in [1.29, 1.82) is 0 Å². The van der Waals surface area contributed by atoms with Crippen LogP contribution in [0.4, 0.5) is 0 Å². The SMILES string of the molecule is COC(C)C(=O)NC1CCCC1=O. The van der Waals surface area contributed by atoms with E-state index in [1.807, 2.05) is 0 Å². The first-order chi connectivity index (χ1) is 6.15. The number of ketones is 1. The summed E-state index contributed by atoms with van der Waals surface area (Å²) in [6, 6.07) is -0.273. The molecule has 4 nitrogen and oxygen atoms in total. The summed E-state index contributed by atoms with van der Waals surface area (Å²) in [5.74, 6) is -0.0700. The van der Waals surface area contributed by atoms with E-state index in [0.717, 1.165) is 12.8 Å². The van der Waals surface area contributed by atoms with Crippen molar-refractivity contribution in [1.82, 2.24) is 5.32 Å². The average Bonchev–Trinajstić information content (AvgIpc) is 2.50. The van der Waals surface area contributed by atoms with E-state index in [0.29, 0.717) is 6.42 Å². The van der Waals surface area contributed by atoms with Crippen LogP contribution in [0.1, 0.15) is 26.2 Å². The fraction of sp³-hybridized carbons (Fsp3) is 0.778. The first-order valence-electron chi connectivity index (χ1n) is 4.51. The topological polar surface area (TPSA) is 55.4 Å². The Bertz CT molecular complexity index is 215. The molecule has 1 amide bonds. The summed E-state index contributed by atoms with van der Waals surface area (Å²) in [4.78, 5) is 22.5. The predicted molar refractivity (Wildman–Crippen MR) is 47.3 cm³/mol. The Morgan fingerprint density at radius 3 is 2.85 bits per heavy atom. The number of carbonyl (C=O) groups excluding carboxylic acids is 2. The Labute approximate surface area is 77.6 Å². The number of hydrogen-bond acceptors (Lipinski definition) is 3. The van der Waals surface area contributed by atoms with Crippen molar-refractivity contribution in [3.63, 3.8) is 0 Å². The number of amides is 1. The van der Waals surface area contributed by atoms with E-state index in [4.69, 9.17) is 4.74 Å². The Morgan fingerprint density at radius 2 is 2.38 bits per heavy atom. The van der Waals surface area contributed by atoms with E-state index in [2.05, 4.69) is 5.32 Å². The van der Waals surface area contributed by atoms with Crippen LogP contribution in [0, 0.1) is 0 Å². The molecular weight excluding hydrogens is 170 g/mol. The zero-order valence-electron chi connectivity index (χ0n) is 8.00. The van der Waals surface area contributed by atoms with Gasteiger partial charge >= 0.3 is 0 Å². The summed E-state index contributed by atoms with van der Waals surface area (Å²) in [5.41, 5.74) is 0. The minimum Gasteiger partial charge on any atom is -0.372 e. The zero-order valence-corrected chi connectivity index (χ0v) is 8.00. The molecule has 13 heavy (non-hydrogen) atoms. The molecule has 0 saturated heterocycles. The van der Waals surface area contributed by atoms with Crippen LogP contribution in [-0.2, 0) is 14.3 Å². The van der Waals surface area contributed by atoms with Crippen molar-refractivity contribution >= 4 is 11.7 Å². The van der Waals surface area contributed by atoms with Crippen LogP contribution >= 0.6 is 0 Å². The van der Waals surface area contributed by atoms with Gasteiger partial charge in [-0.3, -0.25) is 9.59 Å². The third-order valence-corrected chi connectivity index (χ3v) is 2.34. The molecule has 0 aromatic rings. The van der Waals surface area contributed by atoms with Crippen LogP contribution in [0.3, 0.4) is 0 Å². The quantitative estimate of drug-likeness (QED) is 0.686. The summed E-state index contributed by atoms with van der Waals surface area (Å²) < 4.78 is 4.83. The molecule has 0 radical (unpaired) electrons. The van der Waals surface area contributed by atoms with E-state index in [1.54, 1.807) is 6.92 Å². The van der Waals surface area contributed by atoms with Gasteiger partial charge in [0, 0.05) is 13.5 Å². The highest BCUT2D eigenvalue weighted by Gasteiger charge is 2.27. The van der Waals surface area contributed by atoms with Crippen molar-refractivity contribution < 1.29 is 14.3 Å². The molecule has 0 heterocycles. The van der Waals surface area contributed by atoms with Gasteiger partial charge in [-0.05, 0) is 19.8 Å². The van der Waals surface area contributed by atoms with E-state index < -0.39 is 6.10 Å². The number of methoxy groups -OCH3 is 1. The Kier molecular flexibility index (Phi) is 3.42. The lowest BCUT2D eigenvalue weighted by Crippen LogP contribution is -2.42. The number of rotatable bonds is 3. The summed E-state index contributed by atoms with van der Waals surface area (Å²) in [7, 11) is 1.47. The predicted octanol–water partition coefficient (Wildman–Crippen LogP) is 0.259. The second-order valence-corrected chi connectivity index (χ2v) is 3.30. The Balaban J connectivity index is 2.39. The highest BCUT2D eigenvalue weighted by Crippen LogP contribution is 2.14. The van der Waals surface area contributed by atoms with Gasteiger partial charge in [-0.2, -0.15) is 0 Å². The van der Waals surface area contributed by atoms with Gasteiger partial charge in [0.05, 0.1) is 6.04 Å². The van der Waals surface area contributed by atoms with Crippen LogP contribution in [0.15, 0.2) is 0 Å². The van der Waals surface area contributed by atoms with Crippen LogP contribution in [0.25, 0.3) is 0 Å². The molecule has 0 aliphatic heterocycles. The molecule has 2 unspecified atom stereocenters. The van der Waals surface area contributed by atoms with Crippen molar-refractivity contribution in [2.45, 2.75) is 38.3 Å². The summed E-state index contributed by atoms with van der Waals surface area (Å²) >= 11 is 0. The highest BCUT2D eigenvalue weighted by atomic mass is 16.5. The molecule has 0 spiro atoms. The smallest absolute Gasteiger partial charge is 0.249 e. The second kappa shape index (κ2) is 4.37. The fourth-order valence-electron chi connectivity index (χ4n) is 1.36. The maximum absolute atomic E-state index is 11.3. The molecule has 74 valence electrons. The molecule has 1 aliphatic carbocycles. The van der Waals surface area contributed by atoms with Gasteiger partial charge in [0.1, 0.15) is 6.10 Å². The van der Waals surface area contributed by atoms with Crippen molar-refractivity contribution in [3.05, 3.63) is 0 Å². The third kappa shape index (κ3) is 2.52.